The fourth-order valence-electron chi connectivity index (χ4n) is 3.27. The number of methoxy groups -OCH3 is 1. The highest BCUT2D eigenvalue weighted by Gasteiger charge is 2.22. The van der Waals surface area contributed by atoms with Crippen LogP contribution in [-0.2, 0) is 14.3 Å². The van der Waals surface area contributed by atoms with Crippen molar-refractivity contribution in [1.82, 2.24) is 5.32 Å². The first-order valence-corrected chi connectivity index (χ1v) is 9.75. The van der Waals surface area contributed by atoms with Crippen LogP contribution >= 0.6 is 0 Å². The van der Waals surface area contributed by atoms with Crippen molar-refractivity contribution >= 4 is 23.2 Å². The van der Waals surface area contributed by atoms with Gasteiger partial charge in [-0.2, -0.15) is 0 Å². The summed E-state index contributed by atoms with van der Waals surface area (Å²) < 4.78 is 5.14. The summed E-state index contributed by atoms with van der Waals surface area (Å²) in [5.41, 5.74) is 7.43. The zero-order valence-electron chi connectivity index (χ0n) is 16.4. The number of nitrogens with two attached hydrogens (primary N) is 1. The first-order chi connectivity index (χ1) is 13.1. The minimum Gasteiger partial charge on any atom is -0.380 e. The molecule has 0 aromatic heterocycles. The minimum atomic E-state index is -0.576. The molecule has 7 heteroatoms. The standard InChI is InChI=1S/C20H32N4O3/c1-3-7-18(23-19(25)13-17(14-21)27-2)20(26)22-15-8-6-9-16(12-15)24-10-4-5-11-24/h6,8-9,12,17-18H,3-5,7,10-11,13-14,21H2,1-2H3,(H,22,26)(H,23,25). The van der Waals surface area contributed by atoms with Crippen molar-refractivity contribution in [2.45, 2.75) is 51.2 Å². The Morgan fingerprint density at radius 3 is 2.67 bits per heavy atom. The third-order valence-electron chi connectivity index (χ3n) is 4.82. The number of hydrogen-bond acceptors (Lipinski definition) is 5. The van der Waals surface area contributed by atoms with Crippen LogP contribution in [-0.4, -0.2) is 50.7 Å². The molecule has 2 amide bonds. The molecule has 1 aromatic carbocycles. The Morgan fingerprint density at radius 1 is 1.30 bits per heavy atom. The number of nitrogens with one attached hydrogen (secondary N) is 2. The molecule has 1 heterocycles. The van der Waals surface area contributed by atoms with Crippen LogP contribution in [0.5, 0.6) is 0 Å². The van der Waals surface area contributed by atoms with Gasteiger partial charge in [-0.25, -0.2) is 0 Å². The molecule has 1 aliphatic heterocycles. The number of amides is 2. The lowest BCUT2D eigenvalue weighted by molar-refractivity contribution is -0.128. The molecule has 2 rings (SSSR count). The second-order valence-corrected chi connectivity index (χ2v) is 6.94. The molecule has 150 valence electrons. The maximum absolute atomic E-state index is 12.7. The topological polar surface area (TPSA) is 96.7 Å². The van der Waals surface area contributed by atoms with Crippen LogP contribution in [0.25, 0.3) is 0 Å². The molecular formula is C20H32N4O3. The number of ether oxygens (including phenoxy) is 1. The van der Waals surface area contributed by atoms with Gasteiger partial charge in [-0.3, -0.25) is 9.59 Å². The van der Waals surface area contributed by atoms with E-state index in [2.05, 4.69) is 21.6 Å². The summed E-state index contributed by atoms with van der Waals surface area (Å²) in [5, 5.41) is 5.75. The second kappa shape index (κ2) is 10.9. The summed E-state index contributed by atoms with van der Waals surface area (Å²) in [6.07, 6.45) is 3.57. The number of carbonyl (C=O) groups excluding carboxylic acids is 2. The van der Waals surface area contributed by atoms with Crippen molar-refractivity contribution in [3.63, 3.8) is 0 Å². The summed E-state index contributed by atoms with van der Waals surface area (Å²) in [7, 11) is 1.52. The summed E-state index contributed by atoms with van der Waals surface area (Å²) in [6, 6.07) is 7.29. The van der Waals surface area contributed by atoms with E-state index in [9.17, 15) is 9.59 Å². The Bertz CT molecular complexity index is 613. The number of carbonyl (C=O) groups is 2. The molecule has 1 saturated heterocycles. The van der Waals surface area contributed by atoms with E-state index in [4.69, 9.17) is 10.5 Å². The maximum atomic E-state index is 12.7. The Morgan fingerprint density at radius 2 is 2.04 bits per heavy atom. The third-order valence-corrected chi connectivity index (χ3v) is 4.82. The minimum absolute atomic E-state index is 0.144. The third kappa shape index (κ3) is 6.52. The predicted molar refractivity (Wildman–Crippen MR) is 108 cm³/mol. The Hall–Kier alpha value is -2.12. The van der Waals surface area contributed by atoms with E-state index in [1.807, 2.05) is 25.1 Å². The average Bonchev–Trinajstić information content (AvgIpc) is 3.20. The van der Waals surface area contributed by atoms with Gasteiger partial charge in [0.05, 0.1) is 12.5 Å². The van der Waals surface area contributed by atoms with E-state index in [-0.39, 0.29) is 30.9 Å². The molecule has 1 aliphatic rings. The lowest BCUT2D eigenvalue weighted by atomic mass is 10.1. The van der Waals surface area contributed by atoms with Crippen molar-refractivity contribution in [3.8, 4) is 0 Å². The molecule has 0 bridgehead atoms. The smallest absolute Gasteiger partial charge is 0.246 e. The summed E-state index contributed by atoms with van der Waals surface area (Å²) in [5.74, 6) is -0.433. The van der Waals surface area contributed by atoms with Gasteiger partial charge in [0.25, 0.3) is 0 Å². The van der Waals surface area contributed by atoms with Gasteiger partial charge in [-0.05, 0) is 37.5 Å². The molecule has 1 aromatic rings. The Kier molecular flexibility index (Phi) is 8.54. The van der Waals surface area contributed by atoms with Gasteiger partial charge in [-0.1, -0.05) is 19.4 Å². The van der Waals surface area contributed by atoms with E-state index >= 15 is 0 Å². The zero-order chi connectivity index (χ0) is 19.6. The average molecular weight is 377 g/mol. The summed E-state index contributed by atoms with van der Waals surface area (Å²) in [4.78, 5) is 27.2. The molecule has 1 fully saturated rings. The highest BCUT2D eigenvalue weighted by atomic mass is 16.5. The zero-order valence-corrected chi connectivity index (χ0v) is 16.4. The fraction of sp³-hybridized carbons (Fsp3) is 0.600. The van der Waals surface area contributed by atoms with E-state index < -0.39 is 6.04 Å². The molecule has 4 N–H and O–H groups in total. The van der Waals surface area contributed by atoms with Crippen LogP contribution in [0.3, 0.4) is 0 Å². The van der Waals surface area contributed by atoms with Crippen molar-refractivity contribution in [2.75, 3.05) is 37.0 Å². The lowest BCUT2D eigenvalue weighted by Gasteiger charge is -2.21. The van der Waals surface area contributed by atoms with Crippen molar-refractivity contribution in [3.05, 3.63) is 24.3 Å². The van der Waals surface area contributed by atoms with Gasteiger partial charge < -0.3 is 26.0 Å². The van der Waals surface area contributed by atoms with Gasteiger partial charge >= 0.3 is 0 Å². The molecule has 0 radical (unpaired) electrons. The molecule has 7 nitrogen and oxygen atoms in total. The van der Waals surface area contributed by atoms with Crippen LogP contribution < -0.4 is 21.3 Å². The second-order valence-electron chi connectivity index (χ2n) is 6.94. The predicted octanol–water partition coefficient (Wildman–Crippen LogP) is 1.87. The van der Waals surface area contributed by atoms with Crippen LogP contribution in [0, 0.1) is 0 Å². The molecule has 0 aliphatic carbocycles. The van der Waals surface area contributed by atoms with Crippen LogP contribution in [0.15, 0.2) is 24.3 Å². The quantitative estimate of drug-likeness (QED) is 0.579. The molecule has 2 atom stereocenters. The van der Waals surface area contributed by atoms with Gasteiger partial charge in [-0.15, -0.1) is 0 Å². The highest BCUT2D eigenvalue weighted by molar-refractivity contribution is 5.97. The normalized spacial score (nSPS) is 16.0. The SMILES string of the molecule is CCCC(NC(=O)CC(CN)OC)C(=O)Nc1cccc(N2CCCC2)c1. The Labute approximate surface area is 161 Å². The first-order valence-electron chi connectivity index (χ1n) is 9.75. The summed E-state index contributed by atoms with van der Waals surface area (Å²) in [6.45, 7) is 4.34. The van der Waals surface area contributed by atoms with Gasteiger partial charge in [0.2, 0.25) is 11.8 Å². The monoisotopic (exact) mass is 376 g/mol. The van der Waals surface area contributed by atoms with Gasteiger partial charge in [0.1, 0.15) is 6.04 Å². The van der Waals surface area contributed by atoms with Crippen LogP contribution in [0.1, 0.15) is 39.0 Å². The lowest BCUT2D eigenvalue weighted by Crippen LogP contribution is -2.45. The van der Waals surface area contributed by atoms with Crippen LogP contribution in [0.2, 0.25) is 0 Å². The molecule has 0 saturated carbocycles. The van der Waals surface area contributed by atoms with E-state index in [0.29, 0.717) is 6.42 Å². The number of anilines is 2. The van der Waals surface area contributed by atoms with Crippen molar-refractivity contribution < 1.29 is 14.3 Å². The molecule has 2 unspecified atom stereocenters. The van der Waals surface area contributed by atoms with E-state index in [0.717, 1.165) is 30.9 Å². The Balaban J connectivity index is 1.97. The first kappa shape index (κ1) is 21.2. The number of nitrogens with zero attached hydrogens (tertiary/aromatic N) is 1. The maximum Gasteiger partial charge on any atom is 0.246 e. The van der Waals surface area contributed by atoms with Gasteiger partial charge in [0, 0.05) is 38.1 Å². The largest absolute Gasteiger partial charge is 0.380 e. The molecular weight excluding hydrogens is 344 g/mol. The van der Waals surface area contributed by atoms with Crippen LogP contribution in [0.4, 0.5) is 11.4 Å². The molecule has 27 heavy (non-hydrogen) atoms. The highest BCUT2D eigenvalue weighted by Crippen LogP contribution is 2.23. The van der Waals surface area contributed by atoms with Gasteiger partial charge in [0.15, 0.2) is 0 Å². The number of hydrogen-bond donors (Lipinski definition) is 3. The molecule has 0 spiro atoms. The van der Waals surface area contributed by atoms with E-state index in [1.165, 1.54) is 20.0 Å². The van der Waals surface area contributed by atoms with E-state index in [1.54, 1.807) is 0 Å². The summed E-state index contributed by atoms with van der Waals surface area (Å²) >= 11 is 0. The fourth-order valence-corrected chi connectivity index (χ4v) is 3.27. The number of rotatable bonds is 10. The number of benzene rings is 1. The van der Waals surface area contributed by atoms with Crippen molar-refractivity contribution in [2.24, 2.45) is 5.73 Å². The van der Waals surface area contributed by atoms with Crippen molar-refractivity contribution in [1.29, 1.82) is 0 Å².